The van der Waals surface area contributed by atoms with Crippen LogP contribution < -0.4 is 5.32 Å². The van der Waals surface area contributed by atoms with E-state index in [1.54, 1.807) is 0 Å². The van der Waals surface area contributed by atoms with E-state index in [1.165, 1.54) is 32.0 Å². The Morgan fingerprint density at radius 2 is 2.05 bits per heavy atom. The number of carbonyl (C=O) groups is 1. The predicted octanol–water partition coefficient (Wildman–Crippen LogP) is 2.38. The van der Waals surface area contributed by atoms with Gasteiger partial charge in [0.25, 0.3) is 5.70 Å². The van der Waals surface area contributed by atoms with Gasteiger partial charge in [0.05, 0.1) is 16.2 Å². The second-order valence-electron chi connectivity index (χ2n) is 4.72. The van der Waals surface area contributed by atoms with Gasteiger partial charge in [-0.15, -0.1) is 0 Å². The molecule has 1 heterocycles. The number of benzene rings is 1. The van der Waals surface area contributed by atoms with Gasteiger partial charge in [0.2, 0.25) is 0 Å². The molecule has 7 heteroatoms. The zero-order chi connectivity index (χ0) is 15.7. The minimum Gasteiger partial charge on any atom is -0.478 e. The van der Waals surface area contributed by atoms with E-state index in [2.05, 4.69) is 5.32 Å². The van der Waals surface area contributed by atoms with Crippen LogP contribution in [0.3, 0.4) is 0 Å². The highest BCUT2D eigenvalue weighted by Gasteiger charge is 2.40. The normalized spacial score (nSPS) is 18.5. The molecule has 0 saturated carbocycles. The summed E-state index contributed by atoms with van der Waals surface area (Å²) in [5, 5.41) is 23.4. The molecule has 1 aliphatic rings. The standard InChI is InChI=1S/C14H13FN2O4/c1-7-11(14(18)19)12(9-4-3-5-10(15)6-9)13(17(20)21)8(2)16-7/h3-6,12,16H,1-2H3,(H,18,19)/t12-/m1/s1. The number of nitrogens with one attached hydrogen (secondary N) is 1. The topological polar surface area (TPSA) is 92.5 Å². The van der Waals surface area contributed by atoms with Crippen LogP contribution in [0, 0.1) is 15.9 Å². The average Bonchev–Trinajstić information content (AvgIpc) is 2.36. The number of allylic oxidation sites excluding steroid dienone is 3. The zero-order valence-corrected chi connectivity index (χ0v) is 11.4. The molecule has 1 aromatic carbocycles. The van der Waals surface area contributed by atoms with Crippen LogP contribution in [-0.2, 0) is 4.79 Å². The summed E-state index contributed by atoms with van der Waals surface area (Å²) in [5.74, 6) is -2.97. The van der Waals surface area contributed by atoms with Gasteiger partial charge in [-0.3, -0.25) is 10.1 Å². The van der Waals surface area contributed by atoms with Crippen molar-refractivity contribution < 1.29 is 19.2 Å². The molecule has 0 amide bonds. The van der Waals surface area contributed by atoms with Crippen molar-refractivity contribution in [3.8, 4) is 0 Å². The van der Waals surface area contributed by atoms with Crippen LogP contribution in [0.2, 0.25) is 0 Å². The van der Waals surface area contributed by atoms with Crippen molar-refractivity contribution in [1.82, 2.24) is 5.32 Å². The number of hydrogen-bond donors (Lipinski definition) is 2. The summed E-state index contributed by atoms with van der Waals surface area (Å²) in [6, 6.07) is 5.19. The SMILES string of the molecule is CC1=C(C(=O)O)[C@@H](c2cccc(F)c2)C([N+](=O)[O-])=C(C)N1. The third-order valence-electron chi connectivity index (χ3n) is 3.33. The van der Waals surface area contributed by atoms with E-state index in [0.29, 0.717) is 5.70 Å². The number of hydrogen-bond acceptors (Lipinski definition) is 4. The zero-order valence-electron chi connectivity index (χ0n) is 11.4. The molecule has 0 radical (unpaired) electrons. The van der Waals surface area contributed by atoms with Gasteiger partial charge in [0.15, 0.2) is 0 Å². The van der Waals surface area contributed by atoms with Crippen molar-refractivity contribution >= 4 is 5.97 Å². The second-order valence-corrected chi connectivity index (χ2v) is 4.72. The molecule has 1 aliphatic heterocycles. The van der Waals surface area contributed by atoms with Crippen molar-refractivity contribution in [3.63, 3.8) is 0 Å². The molecule has 0 aromatic heterocycles. The third kappa shape index (κ3) is 2.62. The van der Waals surface area contributed by atoms with Crippen molar-refractivity contribution in [2.75, 3.05) is 0 Å². The maximum atomic E-state index is 13.4. The number of aliphatic carboxylic acids is 1. The third-order valence-corrected chi connectivity index (χ3v) is 3.33. The highest BCUT2D eigenvalue weighted by Crippen LogP contribution is 2.38. The van der Waals surface area contributed by atoms with Gasteiger partial charge < -0.3 is 10.4 Å². The Kier molecular flexibility index (Phi) is 3.75. The monoisotopic (exact) mass is 292 g/mol. The average molecular weight is 292 g/mol. The maximum Gasteiger partial charge on any atom is 0.334 e. The number of nitrogens with zero attached hydrogens (tertiary/aromatic N) is 1. The van der Waals surface area contributed by atoms with E-state index >= 15 is 0 Å². The summed E-state index contributed by atoms with van der Waals surface area (Å²) in [4.78, 5) is 22.1. The maximum absolute atomic E-state index is 13.4. The highest BCUT2D eigenvalue weighted by molar-refractivity contribution is 5.90. The molecule has 0 saturated heterocycles. The van der Waals surface area contributed by atoms with E-state index in [-0.39, 0.29) is 22.5 Å². The summed E-state index contributed by atoms with van der Waals surface area (Å²) in [7, 11) is 0. The van der Waals surface area contributed by atoms with Crippen LogP contribution in [0.5, 0.6) is 0 Å². The molecule has 2 rings (SSSR count). The van der Waals surface area contributed by atoms with Crippen LogP contribution in [-0.4, -0.2) is 16.0 Å². The lowest BCUT2D eigenvalue weighted by atomic mass is 9.84. The number of rotatable bonds is 3. The molecule has 0 fully saturated rings. The summed E-state index contributed by atoms with van der Waals surface area (Å²) in [6.07, 6.45) is 0. The lowest BCUT2D eigenvalue weighted by Gasteiger charge is -2.25. The van der Waals surface area contributed by atoms with E-state index in [4.69, 9.17) is 0 Å². The van der Waals surface area contributed by atoms with Gasteiger partial charge in [-0.2, -0.15) is 0 Å². The molecule has 0 aliphatic carbocycles. The number of halogens is 1. The van der Waals surface area contributed by atoms with E-state index in [9.17, 15) is 24.4 Å². The molecular formula is C14H13FN2O4. The Morgan fingerprint density at radius 1 is 1.38 bits per heavy atom. The summed E-state index contributed by atoms with van der Waals surface area (Å²) in [6.45, 7) is 3.02. The lowest BCUT2D eigenvalue weighted by Crippen LogP contribution is -2.30. The van der Waals surface area contributed by atoms with Crippen LogP contribution in [0.25, 0.3) is 0 Å². The fraction of sp³-hybridized carbons (Fsp3) is 0.214. The number of nitro groups is 1. The number of carboxylic acid groups (broad SMARTS) is 1. The summed E-state index contributed by atoms with van der Waals surface area (Å²) < 4.78 is 13.4. The first-order valence-electron chi connectivity index (χ1n) is 6.14. The van der Waals surface area contributed by atoms with E-state index < -0.39 is 22.6 Å². The molecule has 0 unspecified atom stereocenters. The van der Waals surface area contributed by atoms with Crippen LogP contribution in [0.4, 0.5) is 4.39 Å². The quantitative estimate of drug-likeness (QED) is 0.659. The van der Waals surface area contributed by atoms with Gasteiger partial charge in [0.1, 0.15) is 11.7 Å². The minimum absolute atomic E-state index is 0.155. The van der Waals surface area contributed by atoms with Gasteiger partial charge in [-0.05, 0) is 31.5 Å². The minimum atomic E-state index is -1.28. The Hall–Kier alpha value is -2.70. The molecule has 6 nitrogen and oxygen atoms in total. The molecule has 1 atom stereocenters. The molecular weight excluding hydrogens is 279 g/mol. The highest BCUT2D eigenvalue weighted by atomic mass is 19.1. The predicted molar refractivity (Wildman–Crippen MR) is 72.3 cm³/mol. The van der Waals surface area contributed by atoms with E-state index in [0.717, 1.165) is 6.07 Å². The van der Waals surface area contributed by atoms with Gasteiger partial charge in [-0.25, -0.2) is 9.18 Å². The van der Waals surface area contributed by atoms with Gasteiger partial charge >= 0.3 is 5.97 Å². The van der Waals surface area contributed by atoms with Crippen LogP contribution >= 0.6 is 0 Å². The van der Waals surface area contributed by atoms with Crippen molar-refractivity contribution in [3.05, 3.63) is 68.4 Å². The first kappa shape index (κ1) is 14.7. The van der Waals surface area contributed by atoms with Gasteiger partial charge in [-0.1, -0.05) is 12.1 Å². The smallest absolute Gasteiger partial charge is 0.334 e. The largest absolute Gasteiger partial charge is 0.478 e. The fourth-order valence-electron chi connectivity index (χ4n) is 2.52. The molecule has 0 bridgehead atoms. The van der Waals surface area contributed by atoms with Crippen molar-refractivity contribution in [2.24, 2.45) is 0 Å². The summed E-state index contributed by atoms with van der Waals surface area (Å²) >= 11 is 0. The number of dihydropyridines is 1. The molecule has 0 spiro atoms. The van der Waals surface area contributed by atoms with E-state index in [1.807, 2.05) is 0 Å². The van der Waals surface area contributed by atoms with Crippen molar-refractivity contribution in [1.29, 1.82) is 0 Å². The first-order chi connectivity index (χ1) is 9.82. The van der Waals surface area contributed by atoms with Gasteiger partial charge in [0, 0.05) is 5.70 Å². The molecule has 1 aromatic rings. The molecule has 21 heavy (non-hydrogen) atoms. The fourth-order valence-corrected chi connectivity index (χ4v) is 2.52. The number of carboxylic acids is 1. The Balaban J connectivity index is 2.70. The lowest BCUT2D eigenvalue weighted by molar-refractivity contribution is -0.431. The Morgan fingerprint density at radius 3 is 2.57 bits per heavy atom. The first-order valence-corrected chi connectivity index (χ1v) is 6.14. The Labute approximate surface area is 119 Å². The van der Waals surface area contributed by atoms with Crippen LogP contribution in [0.1, 0.15) is 25.3 Å². The van der Waals surface area contributed by atoms with Crippen LogP contribution in [0.15, 0.2) is 46.9 Å². The Bertz CT molecular complexity index is 658. The molecule has 2 N–H and O–H groups in total. The van der Waals surface area contributed by atoms with Crippen molar-refractivity contribution in [2.45, 2.75) is 19.8 Å². The summed E-state index contributed by atoms with van der Waals surface area (Å²) in [5.41, 5.74) is 0.345. The second kappa shape index (κ2) is 5.35. The molecule has 110 valence electrons.